The zero-order valence-corrected chi connectivity index (χ0v) is 10.3. The van der Waals surface area contributed by atoms with E-state index >= 15 is 0 Å². The SMILES string of the molecule is CCCC1CCN(CC(=O)C2CCOC2)C1. The Kier molecular flexibility index (Phi) is 4.36. The molecule has 0 radical (unpaired) electrons. The second kappa shape index (κ2) is 5.78. The fraction of sp³-hybridized carbons (Fsp3) is 0.923. The van der Waals surface area contributed by atoms with E-state index < -0.39 is 0 Å². The van der Waals surface area contributed by atoms with Crippen molar-refractivity contribution in [2.24, 2.45) is 11.8 Å². The van der Waals surface area contributed by atoms with Crippen LogP contribution in [0.3, 0.4) is 0 Å². The number of ketones is 1. The molecule has 2 heterocycles. The molecule has 0 spiro atoms. The van der Waals surface area contributed by atoms with Crippen molar-refractivity contribution >= 4 is 5.78 Å². The highest BCUT2D eigenvalue weighted by atomic mass is 16.5. The number of rotatable bonds is 5. The molecule has 2 fully saturated rings. The van der Waals surface area contributed by atoms with Gasteiger partial charge in [0.25, 0.3) is 0 Å². The maximum Gasteiger partial charge on any atom is 0.152 e. The third-order valence-corrected chi connectivity index (χ3v) is 3.83. The predicted molar refractivity (Wildman–Crippen MR) is 63.4 cm³/mol. The summed E-state index contributed by atoms with van der Waals surface area (Å²) in [6, 6.07) is 0. The lowest BCUT2D eigenvalue weighted by Gasteiger charge is -2.16. The monoisotopic (exact) mass is 225 g/mol. The number of Topliss-reactive ketones (excluding diaryl/α,β-unsaturated/α-hetero) is 1. The average Bonchev–Trinajstić information content (AvgIpc) is 2.89. The van der Waals surface area contributed by atoms with Gasteiger partial charge in [-0.05, 0) is 31.7 Å². The van der Waals surface area contributed by atoms with Crippen LogP contribution in [0.15, 0.2) is 0 Å². The van der Waals surface area contributed by atoms with Gasteiger partial charge in [-0.2, -0.15) is 0 Å². The van der Waals surface area contributed by atoms with Gasteiger partial charge in [-0.1, -0.05) is 13.3 Å². The van der Waals surface area contributed by atoms with Crippen LogP contribution >= 0.6 is 0 Å². The molecule has 0 bridgehead atoms. The van der Waals surface area contributed by atoms with E-state index in [2.05, 4.69) is 11.8 Å². The van der Waals surface area contributed by atoms with Crippen molar-refractivity contribution in [1.29, 1.82) is 0 Å². The maximum absolute atomic E-state index is 11.9. The minimum absolute atomic E-state index is 0.185. The quantitative estimate of drug-likeness (QED) is 0.713. The third-order valence-electron chi connectivity index (χ3n) is 3.83. The summed E-state index contributed by atoms with van der Waals surface area (Å²) >= 11 is 0. The van der Waals surface area contributed by atoms with Crippen LogP contribution in [0.4, 0.5) is 0 Å². The summed E-state index contributed by atoms with van der Waals surface area (Å²) in [5.74, 6) is 1.41. The van der Waals surface area contributed by atoms with E-state index in [1.807, 2.05) is 0 Å². The molecule has 3 heteroatoms. The Morgan fingerprint density at radius 3 is 3.00 bits per heavy atom. The molecule has 0 aromatic carbocycles. The Morgan fingerprint density at radius 1 is 1.44 bits per heavy atom. The molecule has 0 saturated carbocycles. The first-order valence-electron chi connectivity index (χ1n) is 6.62. The lowest BCUT2D eigenvalue weighted by atomic mass is 10.0. The number of ether oxygens (including phenoxy) is 1. The van der Waals surface area contributed by atoms with Gasteiger partial charge in [-0.15, -0.1) is 0 Å². The van der Waals surface area contributed by atoms with Gasteiger partial charge in [0.2, 0.25) is 0 Å². The molecule has 16 heavy (non-hydrogen) atoms. The standard InChI is InChI=1S/C13H23NO2/c1-2-3-11-4-6-14(8-11)9-13(15)12-5-7-16-10-12/h11-12H,2-10H2,1H3. The minimum atomic E-state index is 0.185. The molecule has 2 atom stereocenters. The van der Waals surface area contributed by atoms with Gasteiger partial charge in [0, 0.05) is 19.1 Å². The van der Waals surface area contributed by atoms with Crippen molar-refractivity contribution in [2.45, 2.75) is 32.6 Å². The topological polar surface area (TPSA) is 29.5 Å². The fourth-order valence-electron chi connectivity index (χ4n) is 2.84. The van der Waals surface area contributed by atoms with Gasteiger partial charge in [0.1, 0.15) is 0 Å². The summed E-state index contributed by atoms with van der Waals surface area (Å²) in [4.78, 5) is 14.3. The number of nitrogens with zero attached hydrogens (tertiary/aromatic N) is 1. The van der Waals surface area contributed by atoms with Gasteiger partial charge < -0.3 is 4.74 Å². The first-order valence-corrected chi connectivity index (χ1v) is 6.62. The van der Waals surface area contributed by atoms with Crippen LogP contribution in [0, 0.1) is 11.8 Å². The van der Waals surface area contributed by atoms with E-state index in [4.69, 9.17) is 4.74 Å². The van der Waals surface area contributed by atoms with Gasteiger partial charge in [0.05, 0.1) is 13.2 Å². The minimum Gasteiger partial charge on any atom is -0.381 e. The van der Waals surface area contributed by atoms with Crippen LogP contribution < -0.4 is 0 Å². The molecule has 0 amide bonds. The van der Waals surface area contributed by atoms with E-state index in [1.54, 1.807) is 0 Å². The Labute approximate surface area is 98.1 Å². The van der Waals surface area contributed by atoms with Crippen LogP contribution in [0.1, 0.15) is 32.6 Å². The Bertz CT molecular complexity index is 236. The summed E-state index contributed by atoms with van der Waals surface area (Å²) in [7, 11) is 0. The third kappa shape index (κ3) is 3.05. The Balaban J connectivity index is 1.71. The molecule has 2 aliphatic rings. The number of carbonyl (C=O) groups excluding carboxylic acids is 1. The van der Waals surface area contributed by atoms with Crippen molar-refractivity contribution in [3.05, 3.63) is 0 Å². The highest BCUT2D eigenvalue weighted by Gasteiger charge is 2.28. The van der Waals surface area contributed by atoms with Gasteiger partial charge in [-0.25, -0.2) is 0 Å². The fourth-order valence-corrected chi connectivity index (χ4v) is 2.84. The van der Waals surface area contributed by atoms with Crippen LogP contribution in [0.5, 0.6) is 0 Å². The molecule has 0 aromatic heterocycles. The largest absolute Gasteiger partial charge is 0.381 e. The molecule has 2 aliphatic heterocycles. The zero-order chi connectivity index (χ0) is 11.4. The lowest BCUT2D eigenvalue weighted by molar-refractivity contribution is -0.123. The Morgan fingerprint density at radius 2 is 2.31 bits per heavy atom. The van der Waals surface area contributed by atoms with E-state index in [9.17, 15) is 4.79 Å². The molecule has 0 N–H and O–H groups in total. The smallest absolute Gasteiger partial charge is 0.152 e. The van der Waals surface area contributed by atoms with Gasteiger partial charge in [-0.3, -0.25) is 9.69 Å². The molecular weight excluding hydrogens is 202 g/mol. The van der Waals surface area contributed by atoms with Crippen molar-refractivity contribution in [3.63, 3.8) is 0 Å². The van der Waals surface area contributed by atoms with Crippen LogP contribution in [0.2, 0.25) is 0 Å². The summed E-state index contributed by atoms with van der Waals surface area (Å²) in [6.07, 6.45) is 4.80. The average molecular weight is 225 g/mol. The second-order valence-corrected chi connectivity index (χ2v) is 5.21. The van der Waals surface area contributed by atoms with E-state index in [-0.39, 0.29) is 5.92 Å². The molecule has 2 unspecified atom stereocenters. The number of likely N-dealkylation sites (tertiary alicyclic amines) is 1. The molecule has 2 rings (SSSR count). The normalized spacial score (nSPS) is 31.1. The molecule has 0 aromatic rings. The first-order chi connectivity index (χ1) is 7.79. The zero-order valence-electron chi connectivity index (χ0n) is 10.3. The molecule has 0 aliphatic carbocycles. The van der Waals surface area contributed by atoms with Crippen molar-refractivity contribution in [2.75, 3.05) is 32.8 Å². The number of hydrogen-bond donors (Lipinski definition) is 0. The highest BCUT2D eigenvalue weighted by molar-refractivity contribution is 5.83. The highest BCUT2D eigenvalue weighted by Crippen LogP contribution is 2.22. The summed E-state index contributed by atoms with van der Waals surface area (Å²) in [6.45, 7) is 6.58. The van der Waals surface area contributed by atoms with Gasteiger partial charge in [0.15, 0.2) is 5.78 Å². The first kappa shape index (κ1) is 12.1. The number of hydrogen-bond acceptors (Lipinski definition) is 3. The maximum atomic E-state index is 11.9. The van der Waals surface area contributed by atoms with Crippen LogP contribution in [0.25, 0.3) is 0 Å². The second-order valence-electron chi connectivity index (χ2n) is 5.21. The van der Waals surface area contributed by atoms with Crippen molar-refractivity contribution in [1.82, 2.24) is 4.90 Å². The van der Waals surface area contributed by atoms with E-state index in [0.717, 1.165) is 32.0 Å². The summed E-state index contributed by atoms with van der Waals surface area (Å²) < 4.78 is 5.26. The molecule has 3 nitrogen and oxygen atoms in total. The van der Waals surface area contributed by atoms with Gasteiger partial charge >= 0.3 is 0 Å². The lowest BCUT2D eigenvalue weighted by Crippen LogP contribution is -2.32. The van der Waals surface area contributed by atoms with E-state index in [0.29, 0.717) is 18.9 Å². The van der Waals surface area contributed by atoms with Crippen LogP contribution in [-0.2, 0) is 9.53 Å². The molecular formula is C13H23NO2. The molecule has 92 valence electrons. The van der Waals surface area contributed by atoms with Crippen LogP contribution in [-0.4, -0.2) is 43.5 Å². The Hall–Kier alpha value is -0.410. The van der Waals surface area contributed by atoms with Crippen molar-refractivity contribution in [3.8, 4) is 0 Å². The molecule has 2 saturated heterocycles. The number of carbonyl (C=O) groups is 1. The van der Waals surface area contributed by atoms with E-state index in [1.165, 1.54) is 19.3 Å². The summed E-state index contributed by atoms with van der Waals surface area (Å²) in [5.41, 5.74) is 0. The van der Waals surface area contributed by atoms with Crippen molar-refractivity contribution < 1.29 is 9.53 Å². The predicted octanol–water partition coefficient (Wildman–Crippen LogP) is 1.71. The summed E-state index contributed by atoms with van der Waals surface area (Å²) in [5, 5.41) is 0.